The van der Waals surface area contributed by atoms with Crippen molar-refractivity contribution in [2.75, 3.05) is 19.8 Å². The van der Waals surface area contributed by atoms with E-state index in [-0.39, 0.29) is 19.4 Å². The molecule has 0 aromatic heterocycles. The highest BCUT2D eigenvalue weighted by atomic mass is 16.6. The molecule has 214 valence electrons. The molecule has 0 radical (unpaired) electrons. The summed E-state index contributed by atoms with van der Waals surface area (Å²) in [6.07, 6.45) is -3.99. The van der Waals surface area contributed by atoms with Crippen molar-refractivity contribution in [3.8, 4) is 0 Å². The Labute approximate surface area is 224 Å². The fourth-order valence-electron chi connectivity index (χ4n) is 4.62. The molecule has 1 unspecified atom stereocenters. The molecule has 1 aromatic carbocycles. The molecule has 0 saturated carbocycles. The van der Waals surface area contributed by atoms with Gasteiger partial charge in [-0.05, 0) is 42.0 Å². The molecule has 0 aliphatic heterocycles. The van der Waals surface area contributed by atoms with Crippen LogP contribution in [0.1, 0.15) is 64.7 Å². The molecule has 38 heavy (non-hydrogen) atoms. The van der Waals surface area contributed by atoms with Crippen LogP contribution < -0.4 is 0 Å². The molecule has 0 fully saturated rings. The van der Waals surface area contributed by atoms with Gasteiger partial charge in [-0.15, -0.1) is 0 Å². The first-order valence-electron chi connectivity index (χ1n) is 12.6. The van der Waals surface area contributed by atoms with Crippen LogP contribution in [0, 0.1) is 11.3 Å². The van der Waals surface area contributed by atoms with E-state index in [2.05, 4.69) is 0 Å². The van der Waals surface area contributed by atoms with Crippen LogP contribution in [-0.2, 0) is 23.8 Å². The van der Waals surface area contributed by atoms with E-state index in [1.54, 1.807) is 58.0 Å². The van der Waals surface area contributed by atoms with Crippen molar-refractivity contribution in [3.63, 3.8) is 0 Å². The third-order valence-electron chi connectivity index (χ3n) is 6.50. The molecule has 0 bridgehead atoms. The second-order valence-corrected chi connectivity index (χ2v) is 9.99. The van der Waals surface area contributed by atoms with Crippen molar-refractivity contribution in [1.29, 1.82) is 0 Å². The molecule has 0 aliphatic carbocycles. The molecular formula is C28H42O10. The molecule has 10 nitrogen and oxygen atoms in total. The number of carbonyl (C=O) groups excluding carboxylic acids is 3. The number of benzene rings is 1. The minimum absolute atomic E-state index is 0.0193. The first-order chi connectivity index (χ1) is 17.8. The van der Waals surface area contributed by atoms with Crippen molar-refractivity contribution in [1.82, 2.24) is 0 Å². The van der Waals surface area contributed by atoms with Crippen LogP contribution in [0.3, 0.4) is 0 Å². The van der Waals surface area contributed by atoms with Crippen molar-refractivity contribution < 1.29 is 49.0 Å². The molecule has 0 saturated heterocycles. The van der Waals surface area contributed by atoms with Gasteiger partial charge in [0.05, 0.1) is 24.9 Å². The van der Waals surface area contributed by atoms with Crippen molar-refractivity contribution in [2.45, 2.75) is 78.8 Å². The SMILES string of the molecule is CC(=O)OC(CO)[C@H](C)[C@@H](CC(C)(C)/C(=C(/C)[C@@H](O)CCO)[C@H](CO)OC(C)=O)OC(=O)c1ccccc1. The Hall–Kier alpha value is -2.79. The van der Waals surface area contributed by atoms with Gasteiger partial charge < -0.3 is 34.6 Å². The van der Waals surface area contributed by atoms with Crippen molar-refractivity contribution in [2.24, 2.45) is 11.3 Å². The van der Waals surface area contributed by atoms with E-state index in [1.165, 1.54) is 13.8 Å². The average molecular weight is 539 g/mol. The largest absolute Gasteiger partial charge is 0.460 e. The molecule has 5 atom stereocenters. The Bertz CT molecular complexity index is 940. The third kappa shape index (κ3) is 9.83. The summed E-state index contributed by atoms with van der Waals surface area (Å²) in [7, 11) is 0. The maximum absolute atomic E-state index is 13.0. The zero-order chi connectivity index (χ0) is 29.0. The molecule has 4 N–H and O–H groups in total. The number of rotatable bonds is 15. The summed E-state index contributed by atoms with van der Waals surface area (Å²) in [5, 5.41) is 40.1. The number of hydrogen-bond acceptors (Lipinski definition) is 10. The standard InChI is InChI=1S/C28H42O10/c1-17(22(34)12-13-29)26(25(16-31)37-20(4)33)28(5,6)14-23(18(2)24(15-30)36-19(3)32)38-27(35)21-10-8-7-9-11-21/h7-11,18,22-25,29-31,34H,12-16H2,1-6H3/b26-17-/t18-,22+,23-,24?,25+/m1/s1. The van der Waals surface area contributed by atoms with E-state index >= 15 is 0 Å². The Morgan fingerprint density at radius 2 is 1.45 bits per heavy atom. The number of aliphatic hydroxyl groups excluding tert-OH is 4. The Kier molecular flexibility index (Phi) is 13.6. The van der Waals surface area contributed by atoms with E-state index in [9.17, 15) is 34.8 Å². The minimum Gasteiger partial charge on any atom is -0.460 e. The molecule has 1 aromatic rings. The lowest BCUT2D eigenvalue weighted by atomic mass is 9.72. The molecular weight excluding hydrogens is 496 g/mol. The maximum atomic E-state index is 13.0. The smallest absolute Gasteiger partial charge is 0.338 e. The molecule has 0 aliphatic rings. The highest BCUT2D eigenvalue weighted by Crippen LogP contribution is 2.41. The van der Waals surface area contributed by atoms with Crippen LogP contribution in [0.5, 0.6) is 0 Å². The van der Waals surface area contributed by atoms with Gasteiger partial charge in [0, 0.05) is 32.8 Å². The van der Waals surface area contributed by atoms with Gasteiger partial charge in [-0.25, -0.2) is 4.79 Å². The second kappa shape index (κ2) is 15.6. The Morgan fingerprint density at radius 3 is 1.92 bits per heavy atom. The number of esters is 3. The van der Waals surface area contributed by atoms with E-state index in [0.29, 0.717) is 16.7 Å². The summed E-state index contributed by atoms with van der Waals surface area (Å²) in [6, 6.07) is 8.31. The summed E-state index contributed by atoms with van der Waals surface area (Å²) < 4.78 is 16.5. The fraction of sp³-hybridized carbons (Fsp3) is 0.607. The third-order valence-corrected chi connectivity index (χ3v) is 6.50. The first kappa shape index (κ1) is 33.2. The van der Waals surface area contributed by atoms with Gasteiger partial charge in [0.1, 0.15) is 18.3 Å². The van der Waals surface area contributed by atoms with E-state index in [4.69, 9.17) is 14.2 Å². The predicted molar refractivity (Wildman–Crippen MR) is 139 cm³/mol. The van der Waals surface area contributed by atoms with Gasteiger partial charge in [-0.2, -0.15) is 0 Å². The van der Waals surface area contributed by atoms with Crippen LogP contribution in [0.4, 0.5) is 0 Å². The van der Waals surface area contributed by atoms with Crippen LogP contribution in [0.15, 0.2) is 41.5 Å². The summed E-state index contributed by atoms with van der Waals surface area (Å²) >= 11 is 0. The van der Waals surface area contributed by atoms with E-state index < -0.39 is 66.9 Å². The molecule has 0 amide bonds. The molecule has 0 spiro atoms. The normalized spacial score (nSPS) is 16.4. The van der Waals surface area contributed by atoms with Gasteiger partial charge in [-0.1, -0.05) is 39.0 Å². The maximum Gasteiger partial charge on any atom is 0.338 e. The van der Waals surface area contributed by atoms with Gasteiger partial charge in [0.25, 0.3) is 0 Å². The number of carbonyl (C=O) groups is 3. The van der Waals surface area contributed by atoms with E-state index in [0.717, 1.165) is 0 Å². The zero-order valence-electron chi connectivity index (χ0n) is 23.0. The molecule has 1 rings (SSSR count). The van der Waals surface area contributed by atoms with Gasteiger partial charge in [0.2, 0.25) is 0 Å². The Morgan fingerprint density at radius 1 is 0.868 bits per heavy atom. The molecule has 10 heteroatoms. The van der Waals surface area contributed by atoms with Crippen molar-refractivity contribution >= 4 is 17.9 Å². The average Bonchev–Trinajstić information content (AvgIpc) is 2.85. The van der Waals surface area contributed by atoms with Crippen molar-refractivity contribution in [3.05, 3.63) is 47.0 Å². The van der Waals surface area contributed by atoms with Crippen LogP contribution in [0.25, 0.3) is 0 Å². The summed E-state index contributed by atoms with van der Waals surface area (Å²) in [6.45, 7) is 7.88. The lowest BCUT2D eigenvalue weighted by Gasteiger charge is -2.39. The number of hydrogen-bond donors (Lipinski definition) is 4. The zero-order valence-corrected chi connectivity index (χ0v) is 23.0. The number of aliphatic hydroxyl groups is 4. The van der Waals surface area contributed by atoms with Gasteiger partial charge in [-0.3, -0.25) is 9.59 Å². The van der Waals surface area contributed by atoms with E-state index in [1.807, 2.05) is 0 Å². The lowest BCUT2D eigenvalue weighted by molar-refractivity contribution is -0.154. The summed E-state index contributed by atoms with van der Waals surface area (Å²) in [5.41, 5.74) is 0.130. The minimum atomic E-state index is -1.11. The van der Waals surface area contributed by atoms with Crippen LogP contribution in [-0.4, -0.2) is 82.6 Å². The Balaban J connectivity index is 3.58. The van der Waals surface area contributed by atoms with Crippen LogP contribution in [0.2, 0.25) is 0 Å². The highest BCUT2D eigenvalue weighted by Gasteiger charge is 2.40. The lowest BCUT2D eigenvalue weighted by Crippen LogP contribution is -2.42. The van der Waals surface area contributed by atoms with Crippen LogP contribution >= 0.6 is 0 Å². The van der Waals surface area contributed by atoms with Gasteiger partial charge in [0.15, 0.2) is 0 Å². The topological polar surface area (TPSA) is 160 Å². The fourth-order valence-corrected chi connectivity index (χ4v) is 4.62. The monoisotopic (exact) mass is 538 g/mol. The second-order valence-electron chi connectivity index (χ2n) is 9.99. The highest BCUT2D eigenvalue weighted by molar-refractivity contribution is 5.89. The first-order valence-corrected chi connectivity index (χ1v) is 12.6. The summed E-state index contributed by atoms with van der Waals surface area (Å²) in [5.74, 6) is -2.54. The summed E-state index contributed by atoms with van der Waals surface area (Å²) in [4.78, 5) is 36.5. The molecule has 0 heterocycles. The predicted octanol–water partition coefficient (Wildman–Crippen LogP) is 2.17. The number of ether oxygens (including phenoxy) is 3. The van der Waals surface area contributed by atoms with Gasteiger partial charge >= 0.3 is 17.9 Å². The quantitative estimate of drug-likeness (QED) is 0.148.